The molecular formula is C18H16FN3O4S. The van der Waals surface area contributed by atoms with E-state index in [1.165, 1.54) is 22.8 Å². The predicted octanol–water partition coefficient (Wildman–Crippen LogP) is 2.11. The molecule has 0 spiro atoms. The number of amides is 1. The van der Waals surface area contributed by atoms with Crippen molar-refractivity contribution < 1.29 is 22.0 Å². The maximum atomic E-state index is 13.0. The summed E-state index contributed by atoms with van der Waals surface area (Å²) in [6.07, 6.45) is 1.32. The Morgan fingerprint density at radius 1 is 1.04 bits per heavy atom. The lowest BCUT2D eigenvalue weighted by molar-refractivity contribution is 0.0698. The summed E-state index contributed by atoms with van der Waals surface area (Å²) in [6.45, 7) is 0.904. The third-order valence-corrected chi connectivity index (χ3v) is 6.47. The van der Waals surface area contributed by atoms with E-state index in [0.717, 1.165) is 12.1 Å². The molecule has 9 heteroatoms. The van der Waals surface area contributed by atoms with E-state index in [0.29, 0.717) is 16.7 Å². The highest BCUT2D eigenvalue weighted by molar-refractivity contribution is 7.89. The fourth-order valence-electron chi connectivity index (χ4n) is 3.06. The second-order valence-corrected chi connectivity index (χ2v) is 8.12. The number of hydrogen-bond acceptors (Lipinski definition) is 5. The number of fused-ring (bicyclic) bond motifs is 1. The minimum atomic E-state index is -3.71. The van der Waals surface area contributed by atoms with Crippen molar-refractivity contribution in [2.45, 2.75) is 4.90 Å². The van der Waals surface area contributed by atoms with Gasteiger partial charge in [0.25, 0.3) is 5.91 Å². The lowest BCUT2D eigenvalue weighted by Gasteiger charge is -2.34. The van der Waals surface area contributed by atoms with Gasteiger partial charge in [0.15, 0.2) is 12.0 Å². The van der Waals surface area contributed by atoms with Crippen LogP contribution in [0.2, 0.25) is 0 Å². The Balaban J connectivity index is 1.46. The van der Waals surface area contributed by atoms with E-state index < -0.39 is 15.8 Å². The molecule has 2 aromatic carbocycles. The van der Waals surface area contributed by atoms with Gasteiger partial charge >= 0.3 is 0 Å². The van der Waals surface area contributed by atoms with Gasteiger partial charge < -0.3 is 9.32 Å². The minimum absolute atomic E-state index is 0.0418. The molecule has 1 fully saturated rings. The first kappa shape index (κ1) is 17.6. The number of aromatic nitrogens is 1. The zero-order valence-corrected chi connectivity index (χ0v) is 15.0. The van der Waals surface area contributed by atoms with Gasteiger partial charge in [0.1, 0.15) is 11.3 Å². The zero-order valence-electron chi connectivity index (χ0n) is 14.2. The van der Waals surface area contributed by atoms with Gasteiger partial charge in [0.2, 0.25) is 10.0 Å². The molecule has 0 bridgehead atoms. The molecule has 3 aromatic rings. The van der Waals surface area contributed by atoms with E-state index >= 15 is 0 Å². The summed E-state index contributed by atoms with van der Waals surface area (Å²) in [5, 5.41) is 0. The number of benzene rings is 2. The highest BCUT2D eigenvalue weighted by Crippen LogP contribution is 2.20. The molecule has 1 aliphatic heterocycles. The molecular weight excluding hydrogens is 373 g/mol. The molecule has 0 saturated carbocycles. The van der Waals surface area contributed by atoms with Crippen molar-refractivity contribution in [1.82, 2.24) is 14.2 Å². The second kappa shape index (κ2) is 6.75. The van der Waals surface area contributed by atoms with Crippen molar-refractivity contribution in [1.29, 1.82) is 0 Å². The van der Waals surface area contributed by atoms with Crippen molar-refractivity contribution in [3.8, 4) is 0 Å². The molecule has 4 rings (SSSR count). The number of sulfonamides is 1. The van der Waals surface area contributed by atoms with Crippen LogP contribution in [-0.2, 0) is 10.0 Å². The van der Waals surface area contributed by atoms with Crippen molar-refractivity contribution in [2.75, 3.05) is 26.2 Å². The summed E-state index contributed by atoms with van der Waals surface area (Å²) in [7, 11) is -3.71. The fourth-order valence-corrected chi connectivity index (χ4v) is 4.48. The van der Waals surface area contributed by atoms with E-state index in [-0.39, 0.29) is 37.0 Å². The summed E-state index contributed by atoms with van der Waals surface area (Å²) < 4.78 is 44.8. The monoisotopic (exact) mass is 389 g/mol. The van der Waals surface area contributed by atoms with Crippen LogP contribution in [0.4, 0.5) is 4.39 Å². The van der Waals surface area contributed by atoms with Gasteiger partial charge in [-0.05, 0) is 42.5 Å². The number of nitrogens with zero attached hydrogens (tertiary/aromatic N) is 3. The highest BCUT2D eigenvalue weighted by Gasteiger charge is 2.30. The molecule has 140 valence electrons. The minimum Gasteiger partial charge on any atom is -0.443 e. The van der Waals surface area contributed by atoms with Crippen molar-refractivity contribution >= 4 is 27.0 Å². The van der Waals surface area contributed by atoms with Crippen LogP contribution in [0.25, 0.3) is 11.1 Å². The van der Waals surface area contributed by atoms with Crippen LogP contribution in [-0.4, -0.2) is 54.7 Å². The Hall–Kier alpha value is -2.78. The van der Waals surface area contributed by atoms with E-state index in [2.05, 4.69) is 4.98 Å². The fraction of sp³-hybridized carbons (Fsp3) is 0.222. The molecule has 1 saturated heterocycles. The Labute approximate surface area is 155 Å². The van der Waals surface area contributed by atoms with Crippen molar-refractivity contribution in [3.05, 3.63) is 60.2 Å². The van der Waals surface area contributed by atoms with Crippen LogP contribution in [0.15, 0.2) is 58.2 Å². The number of carbonyl (C=O) groups is 1. The van der Waals surface area contributed by atoms with Gasteiger partial charge in [-0.25, -0.2) is 17.8 Å². The summed E-state index contributed by atoms with van der Waals surface area (Å²) in [5.41, 5.74) is 1.67. The quantitative estimate of drug-likeness (QED) is 0.685. The molecule has 0 radical (unpaired) electrons. The molecule has 0 atom stereocenters. The van der Waals surface area contributed by atoms with Gasteiger partial charge in [-0.15, -0.1) is 0 Å². The van der Waals surface area contributed by atoms with Crippen LogP contribution in [0.5, 0.6) is 0 Å². The SMILES string of the molecule is O=C(c1ccc2ocnc2c1)N1CCN(S(=O)(=O)c2ccc(F)cc2)CC1. The van der Waals surface area contributed by atoms with Gasteiger partial charge in [-0.2, -0.15) is 4.31 Å². The van der Waals surface area contributed by atoms with Crippen LogP contribution in [0, 0.1) is 5.82 Å². The van der Waals surface area contributed by atoms with E-state index in [4.69, 9.17) is 4.42 Å². The van der Waals surface area contributed by atoms with Gasteiger partial charge in [-0.3, -0.25) is 4.79 Å². The van der Waals surface area contributed by atoms with Crippen molar-refractivity contribution in [2.24, 2.45) is 0 Å². The average Bonchev–Trinajstić information content (AvgIpc) is 3.15. The zero-order chi connectivity index (χ0) is 19.0. The summed E-state index contributed by atoms with van der Waals surface area (Å²) in [5.74, 6) is -0.674. The third kappa shape index (κ3) is 3.31. The first-order valence-electron chi connectivity index (χ1n) is 8.33. The summed E-state index contributed by atoms with van der Waals surface area (Å²) in [6, 6.07) is 9.73. The lowest BCUT2D eigenvalue weighted by atomic mass is 10.1. The first-order valence-corrected chi connectivity index (χ1v) is 9.77. The number of oxazole rings is 1. The van der Waals surface area contributed by atoms with E-state index in [1.54, 1.807) is 23.1 Å². The molecule has 7 nitrogen and oxygen atoms in total. The first-order chi connectivity index (χ1) is 12.9. The van der Waals surface area contributed by atoms with Crippen LogP contribution in [0.3, 0.4) is 0 Å². The van der Waals surface area contributed by atoms with Crippen LogP contribution < -0.4 is 0 Å². The molecule has 1 aromatic heterocycles. The number of rotatable bonds is 3. The molecule has 1 amide bonds. The molecule has 0 aliphatic carbocycles. The maximum Gasteiger partial charge on any atom is 0.254 e. The standard InChI is InChI=1S/C18H16FN3O4S/c19-14-2-4-15(5-3-14)27(24,25)22-9-7-21(8-10-22)18(23)13-1-6-17-16(11-13)20-12-26-17/h1-6,11-12H,7-10H2. The van der Waals surface area contributed by atoms with Crippen LogP contribution in [0.1, 0.15) is 10.4 Å². The van der Waals surface area contributed by atoms with E-state index in [9.17, 15) is 17.6 Å². The highest BCUT2D eigenvalue weighted by atomic mass is 32.2. The predicted molar refractivity (Wildman–Crippen MR) is 95.1 cm³/mol. The normalized spacial score (nSPS) is 16.0. The Morgan fingerprint density at radius 2 is 1.74 bits per heavy atom. The third-order valence-electron chi connectivity index (χ3n) is 4.55. The largest absolute Gasteiger partial charge is 0.443 e. The number of halogens is 1. The second-order valence-electron chi connectivity index (χ2n) is 6.19. The molecule has 1 aliphatic rings. The Morgan fingerprint density at radius 3 is 2.44 bits per heavy atom. The van der Waals surface area contributed by atoms with Crippen molar-refractivity contribution in [3.63, 3.8) is 0 Å². The van der Waals surface area contributed by atoms with Gasteiger partial charge in [-0.1, -0.05) is 0 Å². The summed E-state index contributed by atoms with van der Waals surface area (Å²) in [4.78, 5) is 18.4. The topological polar surface area (TPSA) is 83.7 Å². The molecule has 0 unspecified atom stereocenters. The van der Waals surface area contributed by atoms with Crippen LogP contribution >= 0.6 is 0 Å². The maximum absolute atomic E-state index is 13.0. The molecule has 27 heavy (non-hydrogen) atoms. The van der Waals surface area contributed by atoms with Gasteiger partial charge in [0, 0.05) is 31.7 Å². The van der Waals surface area contributed by atoms with Gasteiger partial charge in [0.05, 0.1) is 4.90 Å². The Kier molecular flexibility index (Phi) is 4.40. The number of carbonyl (C=O) groups excluding carboxylic acids is 1. The van der Waals surface area contributed by atoms with E-state index in [1.807, 2.05) is 0 Å². The summed E-state index contributed by atoms with van der Waals surface area (Å²) >= 11 is 0. The molecule has 0 N–H and O–H groups in total. The number of piperazine rings is 1. The average molecular weight is 389 g/mol. The number of hydrogen-bond donors (Lipinski definition) is 0. The Bertz CT molecular complexity index is 1090. The molecule has 2 heterocycles. The lowest BCUT2D eigenvalue weighted by Crippen LogP contribution is -2.50. The smallest absolute Gasteiger partial charge is 0.254 e.